The fourth-order valence-corrected chi connectivity index (χ4v) is 5.43. The summed E-state index contributed by atoms with van der Waals surface area (Å²) in [6.45, 7) is 5.68. The number of nitrogens with two attached hydrogens (primary N) is 1. The highest BCUT2D eigenvalue weighted by molar-refractivity contribution is 7.99. The molecule has 30 heavy (non-hydrogen) atoms. The summed E-state index contributed by atoms with van der Waals surface area (Å²) in [6, 6.07) is 1.41. The molecule has 1 unspecified atom stereocenters. The molecular weight excluding hydrogens is 418 g/mol. The van der Waals surface area contributed by atoms with Gasteiger partial charge in [-0.1, -0.05) is 6.92 Å². The lowest BCUT2D eigenvalue weighted by molar-refractivity contribution is 0.0789. The minimum Gasteiger partial charge on any atom is -0.386 e. The molecule has 2 aromatic rings. The Hall–Kier alpha value is -2.28. The molecule has 1 atom stereocenters. The molecule has 2 amide bonds. The Morgan fingerprint density at radius 2 is 2.17 bits per heavy atom. The molecule has 0 spiro atoms. The zero-order valence-electron chi connectivity index (χ0n) is 17.4. The van der Waals surface area contributed by atoms with E-state index in [0.29, 0.717) is 5.92 Å². The standard InChI is InChI=1S/C13H17N3O.C8H10N2OS2/c1-7-5-6-9-11(7)15-10-4-2-3-8(10)12(9)16-13(14)17;1-8(2,11)6-3-7(12-4-6)13-10-5-9/h7H,2-6H2,1H3,(H3,14,15,16,17);3-4,10-11H,1-2H3. The van der Waals surface area contributed by atoms with E-state index in [9.17, 15) is 9.90 Å². The number of nitriles is 1. The third-order valence-corrected chi connectivity index (χ3v) is 7.15. The molecule has 4 rings (SSSR count). The number of rotatable bonds is 4. The molecule has 160 valence electrons. The average Bonchev–Trinajstić information content (AvgIpc) is 3.40. The summed E-state index contributed by atoms with van der Waals surface area (Å²) in [5.74, 6) is 0.504. The van der Waals surface area contributed by atoms with Gasteiger partial charge in [-0.15, -0.1) is 11.3 Å². The highest BCUT2D eigenvalue weighted by Gasteiger charge is 2.29. The fraction of sp³-hybridized carbons (Fsp3) is 0.476. The maximum absolute atomic E-state index is 11.1. The molecule has 0 saturated carbocycles. The van der Waals surface area contributed by atoms with Crippen LogP contribution in [0.2, 0.25) is 0 Å². The normalized spacial score (nSPS) is 16.7. The molecule has 0 saturated heterocycles. The number of hydrogen-bond donors (Lipinski definition) is 4. The lowest BCUT2D eigenvalue weighted by atomic mass is 10.0. The van der Waals surface area contributed by atoms with Gasteiger partial charge in [-0.3, -0.25) is 9.71 Å². The first-order chi connectivity index (χ1) is 14.2. The SMILES string of the molecule is CC(C)(O)c1csc(SNC#N)c1.CC1CCc2c1nc1c(c2NC(N)=O)CCC1. The number of carbonyl (C=O) groups excluding carboxylic acids is 1. The second kappa shape index (κ2) is 9.25. The van der Waals surface area contributed by atoms with Gasteiger partial charge in [0.25, 0.3) is 0 Å². The van der Waals surface area contributed by atoms with E-state index < -0.39 is 11.6 Å². The second-order valence-corrected chi connectivity index (χ2v) is 10.1. The Balaban J connectivity index is 0.000000178. The quantitative estimate of drug-likeness (QED) is 0.318. The summed E-state index contributed by atoms with van der Waals surface area (Å²) in [4.78, 5) is 15.9. The number of pyridine rings is 1. The number of nitrogens with one attached hydrogen (secondary N) is 2. The number of anilines is 1. The monoisotopic (exact) mass is 445 g/mol. The van der Waals surface area contributed by atoms with Crippen LogP contribution in [0.5, 0.6) is 0 Å². The van der Waals surface area contributed by atoms with Crippen LogP contribution >= 0.6 is 23.3 Å². The predicted molar refractivity (Wildman–Crippen MR) is 120 cm³/mol. The predicted octanol–water partition coefficient (Wildman–Crippen LogP) is 4.16. The van der Waals surface area contributed by atoms with Crippen LogP contribution in [-0.4, -0.2) is 16.1 Å². The number of fused-ring (bicyclic) bond motifs is 2. The lowest BCUT2D eigenvalue weighted by Crippen LogP contribution is -2.21. The summed E-state index contributed by atoms with van der Waals surface area (Å²) in [7, 11) is 0. The van der Waals surface area contributed by atoms with Crippen LogP contribution in [0.1, 0.15) is 67.6 Å². The molecule has 5 N–H and O–H groups in total. The molecule has 9 heteroatoms. The van der Waals surface area contributed by atoms with Crippen molar-refractivity contribution in [3.63, 3.8) is 0 Å². The van der Waals surface area contributed by atoms with Gasteiger partial charge >= 0.3 is 6.03 Å². The van der Waals surface area contributed by atoms with Crippen molar-refractivity contribution in [3.8, 4) is 6.19 Å². The van der Waals surface area contributed by atoms with Gasteiger partial charge in [-0.2, -0.15) is 5.26 Å². The summed E-state index contributed by atoms with van der Waals surface area (Å²) < 4.78 is 3.45. The summed E-state index contributed by atoms with van der Waals surface area (Å²) in [5.41, 5.74) is 11.1. The van der Waals surface area contributed by atoms with Gasteiger partial charge in [0.1, 0.15) is 0 Å². The van der Waals surface area contributed by atoms with E-state index in [-0.39, 0.29) is 0 Å². The molecule has 2 aliphatic rings. The van der Waals surface area contributed by atoms with E-state index >= 15 is 0 Å². The Morgan fingerprint density at radius 1 is 1.40 bits per heavy atom. The maximum Gasteiger partial charge on any atom is 0.316 e. The molecule has 0 bridgehead atoms. The zero-order chi connectivity index (χ0) is 21.9. The summed E-state index contributed by atoms with van der Waals surface area (Å²) >= 11 is 2.76. The van der Waals surface area contributed by atoms with Gasteiger partial charge in [-0.05, 0) is 80.0 Å². The summed E-state index contributed by atoms with van der Waals surface area (Å²) in [5, 5.41) is 22.6. The molecule has 2 aromatic heterocycles. The maximum atomic E-state index is 11.1. The van der Waals surface area contributed by atoms with Gasteiger partial charge in [0, 0.05) is 23.3 Å². The number of carbonyl (C=O) groups is 1. The van der Waals surface area contributed by atoms with Gasteiger partial charge in [0.2, 0.25) is 0 Å². The largest absolute Gasteiger partial charge is 0.386 e. The van der Waals surface area contributed by atoms with E-state index in [1.807, 2.05) is 17.6 Å². The number of urea groups is 1. The van der Waals surface area contributed by atoms with Gasteiger partial charge in [-0.25, -0.2) is 4.79 Å². The van der Waals surface area contributed by atoms with Crippen LogP contribution in [0, 0.1) is 11.5 Å². The van der Waals surface area contributed by atoms with Crippen LogP contribution in [0.3, 0.4) is 0 Å². The number of aromatic nitrogens is 1. The van der Waals surface area contributed by atoms with Crippen molar-refractivity contribution in [3.05, 3.63) is 39.5 Å². The Bertz CT molecular complexity index is 975. The number of aliphatic hydroxyl groups is 1. The van der Waals surface area contributed by atoms with Crippen LogP contribution < -0.4 is 15.8 Å². The van der Waals surface area contributed by atoms with Crippen molar-refractivity contribution in [1.29, 1.82) is 5.26 Å². The Labute approximate surface area is 185 Å². The van der Waals surface area contributed by atoms with Gasteiger partial charge < -0.3 is 16.2 Å². The van der Waals surface area contributed by atoms with Crippen molar-refractivity contribution >= 4 is 35.0 Å². The summed E-state index contributed by atoms with van der Waals surface area (Å²) in [6.07, 6.45) is 7.13. The molecule has 2 heterocycles. The van der Waals surface area contributed by atoms with Crippen LogP contribution in [-0.2, 0) is 24.9 Å². The van der Waals surface area contributed by atoms with E-state index in [1.165, 1.54) is 45.8 Å². The van der Waals surface area contributed by atoms with Gasteiger partial charge in [0.05, 0.1) is 15.5 Å². The van der Waals surface area contributed by atoms with E-state index in [2.05, 4.69) is 17.0 Å². The molecule has 0 radical (unpaired) electrons. The number of amides is 2. The Morgan fingerprint density at radius 3 is 2.80 bits per heavy atom. The minimum absolute atomic E-state index is 0.466. The van der Waals surface area contributed by atoms with Crippen LogP contribution in [0.15, 0.2) is 15.7 Å². The highest BCUT2D eigenvalue weighted by Crippen LogP contribution is 2.41. The Kier molecular flexibility index (Phi) is 6.91. The lowest BCUT2D eigenvalue weighted by Gasteiger charge is -2.14. The van der Waals surface area contributed by atoms with Crippen molar-refractivity contribution in [2.24, 2.45) is 5.73 Å². The first-order valence-electron chi connectivity index (χ1n) is 9.94. The van der Waals surface area contributed by atoms with Crippen LogP contribution in [0.25, 0.3) is 0 Å². The molecule has 0 fully saturated rings. The smallest absolute Gasteiger partial charge is 0.316 e. The molecule has 7 nitrogen and oxygen atoms in total. The van der Waals surface area contributed by atoms with Gasteiger partial charge in [0.15, 0.2) is 6.19 Å². The fourth-order valence-electron chi connectivity index (χ4n) is 3.84. The first-order valence-corrected chi connectivity index (χ1v) is 11.6. The van der Waals surface area contributed by atoms with Crippen molar-refractivity contribution < 1.29 is 9.90 Å². The molecule has 0 aromatic carbocycles. The second-order valence-electron chi connectivity index (χ2n) is 8.09. The minimum atomic E-state index is -0.804. The molecular formula is C21H27N5O2S2. The number of thiophene rings is 1. The number of nitrogens with zero attached hydrogens (tertiary/aromatic N) is 2. The van der Waals surface area contributed by atoms with E-state index in [1.54, 1.807) is 13.8 Å². The average molecular weight is 446 g/mol. The highest BCUT2D eigenvalue weighted by atomic mass is 32.2. The third kappa shape index (κ3) is 5.06. The third-order valence-electron chi connectivity index (χ3n) is 5.38. The van der Waals surface area contributed by atoms with Crippen molar-refractivity contribution in [1.82, 2.24) is 9.71 Å². The number of primary amides is 1. The van der Waals surface area contributed by atoms with Crippen LogP contribution in [0.4, 0.5) is 10.5 Å². The van der Waals surface area contributed by atoms with Crippen molar-refractivity contribution in [2.45, 2.75) is 68.6 Å². The zero-order valence-corrected chi connectivity index (χ0v) is 19.0. The number of aryl methyl sites for hydroxylation is 1. The van der Waals surface area contributed by atoms with Crippen molar-refractivity contribution in [2.75, 3.05) is 5.32 Å². The first kappa shape index (κ1) is 22.4. The van der Waals surface area contributed by atoms with E-state index in [4.69, 9.17) is 16.0 Å². The number of hydrogen-bond acceptors (Lipinski definition) is 7. The molecule has 2 aliphatic carbocycles. The van der Waals surface area contributed by atoms with E-state index in [0.717, 1.165) is 47.6 Å². The topological polar surface area (TPSA) is 124 Å². The molecule has 0 aliphatic heterocycles.